The van der Waals surface area contributed by atoms with E-state index in [9.17, 15) is 13.9 Å². The van der Waals surface area contributed by atoms with Gasteiger partial charge in [0.2, 0.25) is 0 Å². The zero-order chi connectivity index (χ0) is 14.0. The topological polar surface area (TPSA) is 20.2 Å². The van der Waals surface area contributed by atoms with Crippen LogP contribution >= 0.6 is 15.9 Å². The van der Waals surface area contributed by atoms with Crippen LogP contribution in [0.4, 0.5) is 8.78 Å². The number of rotatable bonds is 3. The van der Waals surface area contributed by atoms with E-state index in [0.717, 1.165) is 10.0 Å². The summed E-state index contributed by atoms with van der Waals surface area (Å²) in [4.78, 5) is 0. The molecule has 2 aromatic rings. The number of aliphatic hydroxyl groups is 1. The maximum Gasteiger partial charge on any atom is 0.129 e. The Morgan fingerprint density at radius 3 is 2.37 bits per heavy atom. The lowest BCUT2D eigenvalue weighted by molar-refractivity contribution is 0.175. The highest BCUT2D eigenvalue weighted by Gasteiger charge is 2.16. The van der Waals surface area contributed by atoms with Crippen molar-refractivity contribution in [2.24, 2.45) is 0 Å². The van der Waals surface area contributed by atoms with Crippen molar-refractivity contribution in [3.8, 4) is 0 Å². The summed E-state index contributed by atoms with van der Waals surface area (Å²) in [5.41, 5.74) is 1.46. The third-order valence-electron chi connectivity index (χ3n) is 3.05. The zero-order valence-corrected chi connectivity index (χ0v) is 11.9. The molecule has 1 nitrogen and oxygen atoms in total. The quantitative estimate of drug-likeness (QED) is 0.891. The third-order valence-corrected chi connectivity index (χ3v) is 3.54. The van der Waals surface area contributed by atoms with Crippen LogP contribution in [0.2, 0.25) is 0 Å². The SMILES string of the molecule is Cc1cc(Br)ccc1C(O)Cc1c(F)cccc1F. The van der Waals surface area contributed by atoms with Crippen LogP contribution in [-0.4, -0.2) is 5.11 Å². The van der Waals surface area contributed by atoms with Crippen molar-refractivity contribution >= 4 is 15.9 Å². The van der Waals surface area contributed by atoms with Crippen molar-refractivity contribution in [3.63, 3.8) is 0 Å². The molecule has 0 amide bonds. The van der Waals surface area contributed by atoms with E-state index in [1.54, 1.807) is 12.1 Å². The molecule has 2 rings (SSSR count). The number of aliphatic hydroxyl groups excluding tert-OH is 1. The molecule has 1 atom stereocenters. The monoisotopic (exact) mass is 326 g/mol. The number of benzene rings is 2. The van der Waals surface area contributed by atoms with Crippen molar-refractivity contribution in [3.05, 3.63) is 69.2 Å². The van der Waals surface area contributed by atoms with Gasteiger partial charge in [0.25, 0.3) is 0 Å². The van der Waals surface area contributed by atoms with Gasteiger partial charge in [0.15, 0.2) is 0 Å². The lowest BCUT2D eigenvalue weighted by atomic mass is 9.97. The van der Waals surface area contributed by atoms with Crippen molar-refractivity contribution in [2.45, 2.75) is 19.4 Å². The molecule has 4 heteroatoms. The van der Waals surface area contributed by atoms with Crippen molar-refractivity contribution < 1.29 is 13.9 Å². The van der Waals surface area contributed by atoms with Crippen LogP contribution in [0.5, 0.6) is 0 Å². The van der Waals surface area contributed by atoms with Gasteiger partial charge >= 0.3 is 0 Å². The fraction of sp³-hybridized carbons (Fsp3) is 0.200. The average Bonchev–Trinajstić information content (AvgIpc) is 2.33. The maximum atomic E-state index is 13.5. The minimum Gasteiger partial charge on any atom is -0.388 e. The van der Waals surface area contributed by atoms with Gasteiger partial charge in [0, 0.05) is 16.5 Å². The molecule has 0 saturated carbocycles. The van der Waals surface area contributed by atoms with Crippen LogP contribution in [0.15, 0.2) is 40.9 Å². The van der Waals surface area contributed by atoms with Crippen molar-refractivity contribution in [1.82, 2.24) is 0 Å². The second kappa shape index (κ2) is 5.80. The summed E-state index contributed by atoms with van der Waals surface area (Å²) in [5.74, 6) is -1.26. The van der Waals surface area contributed by atoms with Crippen molar-refractivity contribution in [2.75, 3.05) is 0 Å². The Hall–Kier alpha value is -1.26. The summed E-state index contributed by atoms with van der Waals surface area (Å²) in [6.07, 6.45) is -1.01. The molecule has 0 bridgehead atoms. The molecule has 1 unspecified atom stereocenters. The minimum atomic E-state index is -0.931. The van der Waals surface area contributed by atoms with E-state index < -0.39 is 17.7 Å². The number of hydrogen-bond acceptors (Lipinski definition) is 1. The van der Waals surface area contributed by atoms with Gasteiger partial charge in [-0.05, 0) is 42.3 Å². The van der Waals surface area contributed by atoms with E-state index in [-0.39, 0.29) is 12.0 Å². The van der Waals surface area contributed by atoms with Crippen LogP contribution in [0.25, 0.3) is 0 Å². The van der Waals surface area contributed by atoms with E-state index in [4.69, 9.17) is 0 Å². The predicted molar refractivity (Wildman–Crippen MR) is 73.9 cm³/mol. The molecule has 0 saturated heterocycles. The Labute approximate surface area is 119 Å². The van der Waals surface area contributed by atoms with Gasteiger partial charge in [0.1, 0.15) is 11.6 Å². The standard InChI is InChI=1S/C15H13BrF2O/c1-9-7-10(16)5-6-11(9)15(19)8-12-13(17)3-2-4-14(12)18/h2-7,15,19H,8H2,1H3. The van der Waals surface area contributed by atoms with E-state index in [2.05, 4.69) is 15.9 Å². The molecular weight excluding hydrogens is 314 g/mol. The van der Waals surface area contributed by atoms with Gasteiger partial charge in [-0.2, -0.15) is 0 Å². The normalized spacial score (nSPS) is 12.5. The van der Waals surface area contributed by atoms with Gasteiger partial charge in [-0.1, -0.05) is 28.1 Å². The van der Waals surface area contributed by atoms with E-state index in [1.165, 1.54) is 18.2 Å². The van der Waals surface area contributed by atoms with Gasteiger partial charge < -0.3 is 5.11 Å². The van der Waals surface area contributed by atoms with Crippen LogP contribution in [-0.2, 0) is 6.42 Å². The first kappa shape index (κ1) is 14.2. The van der Waals surface area contributed by atoms with Crippen LogP contribution in [0.3, 0.4) is 0 Å². The Kier molecular flexibility index (Phi) is 4.32. The maximum absolute atomic E-state index is 13.5. The highest BCUT2D eigenvalue weighted by atomic mass is 79.9. The number of hydrogen-bond donors (Lipinski definition) is 1. The number of halogens is 3. The summed E-state index contributed by atoms with van der Waals surface area (Å²) in [6, 6.07) is 9.10. The fourth-order valence-electron chi connectivity index (χ4n) is 2.04. The molecule has 0 spiro atoms. The highest BCUT2D eigenvalue weighted by Crippen LogP contribution is 2.26. The Balaban J connectivity index is 2.28. The van der Waals surface area contributed by atoms with Gasteiger partial charge in [-0.3, -0.25) is 0 Å². The Morgan fingerprint density at radius 1 is 1.16 bits per heavy atom. The average molecular weight is 327 g/mol. The third kappa shape index (κ3) is 3.19. The molecule has 0 heterocycles. The van der Waals surface area contributed by atoms with Crippen LogP contribution in [0.1, 0.15) is 22.8 Å². The Bertz CT molecular complexity index is 578. The first-order valence-electron chi connectivity index (χ1n) is 5.86. The second-order valence-electron chi connectivity index (χ2n) is 4.42. The minimum absolute atomic E-state index is 0.0824. The molecule has 2 aromatic carbocycles. The molecule has 0 radical (unpaired) electrons. The highest BCUT2D eigenvalue weighted by molar-refractivity contribution is 9.10. The van der Waals surface area contributed by atoms with Gasteiger partial charge in [-0.25, -0.2) is 8.78 Å². The molecule has 0 aliphatic rings. The Morgan fingerprint density at radius 2 is 1.79 bits per heavy atom. The summed E-state index contributed by atoms with van der Waals surface area (Å²) in [7, 11) is 0. The second-order valence-corrected chi connectivity index (χ2v) is 5.34. The predicted octanol–water partition coefficient (Wildman–Crippen LogP) is 4.31. The van der Waals surface area contributed by atoms with E-state index in [0.29, 0.717) is 5.56 Å². The molecule has 19 heavy (non-hydrogen) atoms. The van der Waals surface area contributed by atoms with Crippen molar-refractivity contribution in [1.29, 1.82) is 0 Å². The van der Waals surface area contributed by atoms with Gasteiger partial charge in [0.05, 0.1) is 6.10 Å². The lowest BCUT2D eigenvalue weighted by Gasteiger charge is -2.15. The first-order valence-corrected chi connectivity index (χ1v) is 6.65. The summed E-state index contributed by atoms with van der Waals surface area (Å²) in [5, 5.41) is 10.1. The van der Waals surface area contributed by atoms with Crippen LogP contribution < -0.4 is 0 Å². The largest absolute Gasteiger partial charge is 0.388 e. The summed E-state index contributed by atoms with van der Waals surface area (Å²) >= 11 is 3.33. The lowest BCUT2D eigenvalue weighted by Crippen LogP contribution is -2.07. The number of aryl methyl sites for hydroxylation is 1. The van der Waals surface area contributed by atoms with Gasteiger partial charge in [-0.15, -0.1) is 0 Å². The molecule has 0 fully saturated rings. The smallest absolute Gasteiger partial charge is 0.129 e. The summed E-state index contributed by atoms with van der Waals surface area (Å²) in [6.45, 7) is 1.85. The molecule has 0 aliphatic heterocycles. The van der Waals surface area contributed by atoms with E-state index in [1.807, 2.05) is 13.0 Å². The van der Waals surface area contributed by atoms with E-state index >= 15 is 0 Å². The molecule has 0 aliphatic carbocycles. The zero-order valence-electron chi connectivity index (χ0n) is 10.3. The van der Waals surface area contributed by atoms with Crippen LogP contribution in [0, 0.1) is 18.6 Å². The summed E-state index contributed by atoms with van der Waals surface area (Å²) < 4.78 is 28.0. The molecule has 1 N–H and O–H groups in total. The first-order chi connectivity index (χ1) is 8.99. The molecule has 100 valence electrons. The fourth-order valence-corrected chi connectivity index (χ4v) is 2.52. The molecule has 0 aromatic heterocycles. The molecular formula is C15H13BrF2O.